The number of nitrogens with zero attached hydrogens (tertiary/aromatic N) is 2. The van der Waals surface area contributed by atoms with Crippen molar-refractivity contribution in [3.8, 4) is 11.5 Å². The molecule has 1 aliphatic heterocycles. The molecule has 0 bridgehead atoms. The summed E-state index contributed by atoms with van der Waals surface area (Å²) in [5.41, 5.74) is 0.372. The van der Waals surface area contributed by atoms with Crippen molar-refractivity contribution in [2.45, 2.75) is 18.4 Å². The van der Waals surface area contributed by atoms with Gasteiger partial charge in [-0.15, -0.1) is 0 Å². The van der Waals surface area contributed by atoms with E-state index in [4.69, 9.17) is 14.2 Å². The number of benzene rings is 1. The van der Waals surface area contributed by atoms with Gasteiger partial charge in [0.25, 0.3) is 15.9 Å². The molecule has 3 rings (SSSR count). The van der Waals surface area contributed by atoms with Crippen LogP contribution < -0.4 is 24.8 Å². The summed E-state index contributed by atoms with van der Waals surface area (Å²) >= 11 is 0. The number of sulfonamides is 1. The van der Waals surface area contributed by atoms with Crippen LogP contribution in [0.15, 0.2) is 29.4 Å². The third kappa shape index (κ3) is 6.66. The Balaban J connectivity index is 1.37. The molecular formula is C19H23N5O8S. The van der Waals surface area contributed by atoms with E-state index in [1.807, 2.05) is 5.32 Å². The molecule has 1 aliphatic rings. The smallest absolute Gasteiger partial charge is 0.325 e. The lowest BCUT2D eigenvalue weighted by Crippen LogP contribution is -2.37. The second-order valence-electron chi connectivity index (χ2n) is 6.91. The van der Waals surface area contributed by atoms with Gasteiger partial charge in [-0.2, -0.15) is 0 Å². The minimum absolute atomic E-state index is 0.167. The minimum Gasteiger partial charge on any atom is -0.486 e. The van der Waals surface area contributed by atoms with Gasteiger partial charge < -0.3 is 24.1 Å². The maximum atomic E-state index is 12.1. The Morgan fingerprint density at radius 2 is 1.91 bits per heavy atom. The summed E-state index contributed by atoms with van der Waals surface area (Å²) in [5.74, 6) is -0.153. The first-order chi connectivity index (χ1) is 15.6. The van der Waals surface area contributed by atoms with Crippen molar-refractivity contribution in [1.29, 1.82) is 0 Å². The Labute approximate surface area is 189 Å². The third-order valence-electron chi connectivity index (χ3n) is 4.40. The molecule has 0 spiro atoms. The highest BCUT2D eigenvalue weighted by atomic mass is 32.2. The number of hydrogen-bond acceptors (Lipinski definition) is 9. The molecule has 0 radical (unpaired) electrons. The number of carbonyl (C=O) groups excluding carboxylic acids is 3. The average molecular weight is 481 g/mol. The number of anilines is 1. The summed E-state index contributed by atoms with van der Waals surface area (Å²) in [7, 11) is -2.23. The zero-order chi connectivity index (χ0) is 24.0. The fourth-order valence-electron chi connectivity index (χ4n) is 2.68. The van der Waals surface area contributed by atoms with Crippen LogP contribution in [0.1, 0.15) is 12.2 Å². The number of aryl methyl sites for hydroxylation is 2. The van der Waals surface area contributed by atoms with E-state index >= 15 is 0 Å². The number of imidazole rings is 1. The molecule has 14 heteroatoms. The molecule has 3 amide bonds. The van der Waals surface area contributed by atoms with Gasteiger partial charge in [-0.05, 0) is 19.1 Å². The lowest BCUT2D eigenvalue weighted by atomic mass is 10.2. The van der Waals surface area contributed by atoms with Gasteiger partial charge in [0.1, 0.15) is 19.0 Å². The van der Waals surface area contributed by atoms with E-state index in [-0.39, 0.29) is 18.0 Å². The van der Waals surface area contributed by atoms with Crippen LogP contribution in [0.25, 0.3) is 0 Å². The lowest BCUT2D eigenvalue weighted by Gasteiger charge is -2.19. The van der Waals surface area contributed by atoms with Crippen LogP contribution in [0.2, 0.25) is 0 Å². The van der Waals surface area contributed by atoms with Crippen molar-refractivity contribution >= 4 is 33.6 Å². The zero-order valence-corrected chi connectivity index (χ0v) is 18.7. The number of aromatic nitrogens is 2. The van der Waals surface area contributed by atoms with E-state index in [0.717, 1.165) is 0 Å². The monoisotopic (exact) mass is 481 g/mol. The predicted octanol–water partition coefficient (Wildman–Crippen LogP) is 0.0596. The van der Waals surface area contributed by atoms with Gasteiger partial charge in [0.15, 0.2) is 23.1 Å². The zero-order valence-electron chi connectivity index (χ0n) is 17.9. The standard InChI is InChI=1S/C19H23N5O8S/c1-12-21-17(10-24(12)2)33(28,29)20-6-5-18(26)32-11-16(25)23-19(27)22-13-3-4-14-15(9-13)31-8-7-30-14/h3-4,9-10,20H,5-8,11H2,1-2H3,(H2,22,23,25,27). The molecule has 1 aromatic heterocycles. The Kier molecular flexibility index (Phi) is 7.50. The summed E-state index contributed by atoms with van der Waals surface area (Å²) in [4.78, 5) is 39.4. The SMILES string of the molecule is Cc1nc(S(=O)(=O)NCCC(=O)OCC(=O)NC(=O)Nc2ccc3c(c2)OCCO3)cn1C. The first-order valence-electron chi connectivity index (χ1n) is 9.80. The lowest BCUT2D eigenvalue weighted by molar-refractivity contribution is -0.148. The third-order valence-corrected chi connectivity index (χ3v) is 5.73. The van der Waals surface area contributed by atoms with Gasteiger partial charge >= 0.3 is 12.0 Å². The highest BCUT2D eigenvalue weighted by Gasteiger charge is 2.19. The highest BCUT2D eigenvalue weighted by molar-refractivity contribution is 7.89. The van der Waals surface area contributed by atoms with Crippen LogP contribution in [-0.4, -0.2) is 62.2 Å². The molecule has 2 heterocycles. The van der Waals surface area contributed by atoms with Crippen LogP contribution in [0.5, 0.6) is 11.5 Å². The van der Waals surface area contributed by atoms with Gasteiger partial charge in [0.2, 0.25) is 0 Å². The van der Waals surface area contributed by atoms with Crippen LogP contribution in [-0.2, 0) is 31.4 Å². The number of fused-ring (bicyclic) bond motifs is 1. The second kappa shape index (κ2) is 10.3. The maximum absolute atomic E-state index is 12.1. The Morgan fingerprint density at radius 1 is 1.18 bits per heavy atom. The number of esters is 1. The predicted molar refractivity (Wildman–Crippen MR) is 113 cm³/mol. The summed E-state index contributed by atoms with van der Waals surface area (Å²) in [6.07, 6.45) is 1.03. The largest absolute Gasteiger partial charge is 0.486 e. The number of carbonyl (C=O) groups is 3. The topological polar surface area (TPSA) is 167 Å². The van der Waals surface area contributed by atoms with Crippen LogP contribution in [0, 0.1) is 6.92 Å². The number of imide groups is 1. The molecule has 178 valence electrons. The van der Waals surface area contributed by atoms with Crippen LogP contribution in [0.3, 0.4) is 0 Å². The molecule has 0 unspecified atom stereocenters. The van der Waals surface area contributed by atoms with Gasteiger partial charge in [-0.1, -0.05) is 0 Å². The Bertz CT molecular complexity index is 1140. The van der Waals surface area contributed by atoms with E-state index in [1.165, 1.54) is 6.20 Å². The molecule has 0 saturated carbocycles. The second-order valence-corrected chi connectivity index (χ2v) is 8.62. The number of amides is 3. The van der Waals surface area contributed by atoms with E-state index in [0.29, 0.717) is 36.2 Å². The van der Waals surface area contributed by atoms with Crippen molar-refractivity contribution in [1.82, 2.24) is 19.6 Å². The first kappa shape index (κ1) is 24.0. The van der Waals surface area contributed by atoms with Gasteiger partial charge in [-0.3, -0.25) is 14.9 Å². The van der Waals surface area contributed by atoms with Crippen LogP contribution in [0.4, 0.5) is 10.5 Å². The molecule has 1 aromatic carbocycles. The number of rotatable bonds is 8. The Hall–Kier alpha value is -3.65. The normalized spacial score (nSPS) is 12.7. The van der Waals surface area contributed by atoms with Crippen molar-refractivity contribution in [3.63, 3.8) is 0 Å². The highest BCUT2D eigenvalue weighted by Crippen LogP contribution is 2.32. The minimum atomic E-state index is -3.88. The molecule has 2 aromatic rings. The molecule has 0 fully saturated rings. The van der Waals surface area contributed by atoms with Gasteiger partial charge in [0.05, 0.1) is 6.42 Å². The summed E-state index contributed by atoms with van der Waals surface area (Å²) in [6, 6.07) is 3.92. The van der Waals surface area contributed by atoms with Gasteiger partial charge in [-0.25, -0.2) is 22.9 Å². The number of ether oxygens (including phenoxy) is 3. The van der Waals surface area contributed by atoms with E-state index in [1.54, 1.807) is 36.7 Å². The summed E-state index contributed by atoms with van der Waals surface area (Å²) in [6.45, 7) is 1.51. The molecule has 33 heavy (non-hydrogen) atoms. The summed E-state index contributed by atoms with van der Waals surface area (Å²) < 4.78 is 43.6. The molecule has 0 aliphatic carbocycles. The van der Waals surface area contributed by atoms with Crippen LogP contribution >= 0.6 is 0 Å². The molecule has 3 N–H and O–H groups in total. The van der Waals surface area contributed by atoms with Gasteiger partial charge in [0, 0.05) is 31.5 Å². The first-order valence-corrected chi connectivity index (χ1v) is 11.3. The van der Waals surface area contributed by atoms with Crippen molar-refractivity contribution < 1.29 is 37.0 Å². The molecule has 0 saturated heterocycles. The number of urea groups is 1. The van der Waals surface area contributed by atoms with E-state index < -0.39 is 34.5 Å². The fourth-order valence-corrected chi connectivity index (χ4v) is 3.75. The molecular weight excluding hydrogens is 458 g/mol. The fraction of sp³-hybridized carbons (Fsp3) is 0.368. The van der Waals surface area contributed by atoms with Crippen molar-refractivity contribution in [2.75, 3.05) is 31.7 Å². The van der Waals surface area contributed by atoms with Crippen molar-refractivity contribution in [3.05, 3.63) is 30.2 Å². The van der Waals surface area contributed by atoms with E-state index in [2.05, 4.69) is 15.0 Å². The maximum Gasteiger partial charge on any atom is 0.325 e. The quantitative estimate of drug-likeness (QED) is 0.442. The van der Waals surface area contributed by atoms with Crippen molar-refractivity contribution in [2.24, 2.45) is 7.05 Å². The van der Waals surface area contributed by atoms with E-state index in [9.17, 15) is 22.8 Å². The summed E-state index contributed by atoms with van der Waals surface area (Å²) in [5, 5.41) is 4.30. The average Bonchev–Trinajstić information content (AvgIpc) is 3.11. The number of nitrogens with one attached hydrogen (secondary N) is 3. The number of hydrogen-bond donors (Lipinski definition) is 3. The molecule has 13 nitrogen and oxygen atoms in total. The Morgan fingerprint density at radius 3 is 2.61 bits per heavy atom. The molecule has 0 atom stereocenters.